The van der Waals surface area contributed by atoms with E-state index in [1.165, 1.54) is 0 Å². The molecule has 0 radical (unpaired) electrons. The van der Waals surface area contributed by atoms with E-state index in [0.29, 0.717) is 30.3 Å². The lowest BCUT2D eigenvalue weighted by atomic mass is 10.0. The zero-order valence-corrected chi connectivity index (χ0v) is 18.8. The van der Waals surface area contributed by atoms with Crippen LogP contribution in [-0.4, -0.2) is 78.2 Å². The molecule has 0 spiro atoms. The number of nitrogens with zero attached hydrogens (tertiary/aromatic N) is 2. The SMILES string of the molecule is COc1cc(/C=C/C(=O)C(CN(C)C)CN(C)C)cc(OC)c1OC.Cl.Cl. The quantitative estimate of drug-likeness (QED) is 0.540. The lowest BCUT2D eigenvalue weighted by molar-refractivity contribution is -0.119. The van der Waals surface area contributed by atoms with Gasteiger partial charge in [0.1, 0.15) is 0 Å². The monoisotopic (exact) mass is 422 g/mol. The van der Waals surface area contributed by atoms with Crippen molar-refractivity contribution < 1.29 is 19.0 Å². The Kier molecular flexibility index (Phi) is 14.0. The number of ether oxygens (including phenoxy) is 3. The molecule has 0 amide bonds. The maximum atomic E-state index is 12.6. The van der Waals surface area contributed by atoms with Crippen LogP contribution >= 0.6 is 24.8 Å². The Morgan fingerprint density at radius 2 is 1.37 bits per heavy atom. The molecule has 8 heteroatoms. The topological polar surface area (TPSA) is 51.2 Å². The molecule has 156 valence electrons. The first-order valence-corrected chi connectivity index (χ1v) is 8.13. The molecule has 0 aliphatic rings. The number of carbonyl (C=O) groups excluding carboxylic acids is 1. The highest BCUT2D eigenvalue weighted by molar-refractivity contribution is 5.95. The first-order valence-electron chi connectivity index (χ1n) is 8.13. The normalized spacial score (nSPS) is 10.7. The summed E-state index contributed by atoms with van der Waals surface area (Å²) in [5.41, 5.74) is 0.816. The molecule has 0 aromatic heterocycles. The number of allylic oxidation sites excluding steroid dienone is 1. The zero-order chi connectivity index (χ0) is 19.0. The van der Waals surface area contributed by atoms with Crippen molar-refractivity contribution in [1.29, 1.82) is 0 Å². The first kappa shape index (κ1) is 27.7. The molecule has 1 aromatic rings. The molecule has 0 aliphatic heterocycles. The van der Waals surface area contributed by atoms with E-state index < -0.39 is 0 Å². The second kappa shape index (κ2) is 13.7. The zero-order valence-electron chi connectivity index (χ0n) is 17.1. The minimum atomic E-state index is -0.0803. The van der Waals surface area contributed by atoms with Gasteiger partial charge in [0.2, 0.25) is 5.75 Å². The predicted octanol–water partition coefficient (Wildman–Crippen LogP) is 2.88. The number of methoxy groups -OCH3 is 3. The summed E-state index contributed by atoms with van der Waals surface area (Å²) in [6.07, 6.45) is 3.41. The van der Waals surface area contributed by atoms with Crippen LogP contribution in [0.5, 0.6) is 17.2 Å². The van der Waals surface area contributed by atoms with Gasteiger partial charge < -0.3 is 24.0 Å². The molecular weight excluding hydrogens is 391 g/mol. The van der Waals surface area contributed by atoms with Crippen molar-refractivity contribution in [1.82, 2.24) is 9.80 Å². The van der Waals surface area contributed by atoms with E-state index in [2.05, 4.69) is 0 Å². The third kappa shape index (κ3) is 8.84. The molecule has 0 unspecified atom stereocenters. The highest BCUT2D eigenvalue weighted by atomic mass is 35.5. The van der Waals surface area contributed by atoms with Crippen molar-refractivity contribution in [2.24, 2.45) is 5.92 Å². The fourth-order valence-electron chi connectivity index (χ4n) is 2.63. The molecule has 0 saturated carbocycles. The van der Waals surface area contributed by atoms with Crippen molar-refractivity contribution >= 4 is 36.7 Å². The second-order valence-electron chi connectivity index (χ2n) is 6.42. The van der Waals surface area contributed by atoms with Crippen LogP contribution in [0.3, 0.4) is 0 Å². The number of ketones is 1. The molecule has 0 heterocycles. The summed E-state index contributed by atoms with van der Waals surface area (Å²) in [4.78, 5) is 16.6. The summed E-state index contributed by atoms with van der Waals surface area (Å²) in [7, 11) is 12.6. The van der Waals surface area contributed by atoms with Gasteiger partial charge in [0.25, 0.3) is 0 Å². The van der Waals surface area contributed by atoms with Gasteiger partial charge in [-0.1, -0.05) is 6.08 Å². The first-order chi connectivity index (χ1) is 11.8. The van der Waals surface area contributed by atoms with E-state index in [0.717, 1.165) is 5.56 Å². The summed E-state index contributed by atoms with van der Waals surface area (Å²) in [6.45, 7) is 1.41. The van der Waals surface area contributed by atoms with Gasteiger partial charge in [-0.3, -0.25) is 4.79 Å². The average Bonchev–Trinajstić information content (AvgIpc) is 2.56. The Hall–Kier alpha value is -1.47. The van der Waals surface area contributed by atoms with Crippen molar-refractivity contribution in [2.75, 3.05) is 62.6 Å². The number of benzene rings is 1. The summed E-state index contributed by atoms with van der Waals surface area (Å²) in [5.74, 6) is 1.67. The van der Waals surface area contributed by atoms with Gasteiger partial charge in [-0.25, -0.2) is 0 Å². The van der Waals surface area contributed by atoms with Gasteiger partial charge in [0.15, 0.2) is 17.3 Å². The van der Waals surface area contributed by atoms with E-state index in [1.807, 2.05) is 50.1 Å². The Morgan fingerprint density at radius 1 is 0.926 bits per heavy atom. The number of halogens is 2. The predicted molar refractivity (Wildman–Crippen MR) is 115 cm³/mol. The van der Waals surface area contributed by atoms with Crippen LogP contribution < -0.4 is 14.2 Å². The standard InChI is InChI=1S/C19H30N2O4.2ClH/c1-20(2)12-15(13-21(3)4)16(22)9-8-14-10-17(23-5)19(25-7)18(11-14)24-6;;/h8-11,15H,12-13H2,1-7H3;2*1H/b9-8+;;. The van der Waals surface area contributed by atoms with Crippen molar-refractivity contribution in [3.63, 3.8) is 0 Å². The Balaban J connectivity index is 0. The van der Waals surface area contributed by atoms with Crippen LogP contribution in [0.4, 0.5) is 0 Å². The number of rotatable bonds is 10. The minimum Gasteiger partial charge on any atom is -0.493 e. The summed E-state index contributed by atoms with van der Waals surface area (Å²) < 4.78 is 16.0. The van der Waals surface area contributed by atoms with Crippen LogP contribution in [0.1, 0.15) is 5.56 Å². The summed E-state index contributed by atoms with van der Waals surface area (Å²) >= 11 is 0. The number of hydrogen-bond donors (Lipinski definition) is 0. The third-order valence-electron chi connectivity index (χ3n) is 3.70. The van der Waals surface area contributed by atoms with Gasteiger partial charge in [-0.2, -0.15) is 0 Å². The van der Waals surface area contributed by atoms with Crippen molar-refractivity contribution in [3.05, 3.63) is 23.8 Å². The lowest BCUT2D eigenvalue weighted by Gasteiger charge is -2.22. The van der Waals surface area contributed by atoms with Gasteiger partial charge in [-0.15, -0.1) is 24.8 Å². The molecule has 0 saturated heterocycles. The summed E-state index contributed by atoms with van der Waals surface area (Å²) in [6, 6.07) is 3.63. The fourth-order valence-corrected chi connectivity index (χ4v) is 2.63. The van der Waals surface area contributed by atoms with Crippen LogP contribution in [0, 0.1) is 5.92 Å². The highest BCUT2D eigenvalue weighted by Gasteiger charge is 2.18. The Labute approximate surface area is 175 Å². The minimum absolute atomic E-state index is 0. The molecule has 0 atom stereocenters. The molecule has 0 fully saturated rings. The molecule has 1 aromatic carbocycles. The van der Waals surface area contributed by atoms with Gasteiger partial charge in [0, 0.05) is 19.0 Å². The maximum absolute atomic E-state index is 12.6. The van der Waals surface area contributed by atoms with E-state index in [9.17, 15) is 4.79 Å². The van der Waals surface area contributed by atoms with Gasteiger partial charge in [0.05, 0.1) is 21.3 Å². The molecule has 0 bridgehead atoms. The molecular formula is C19H32Cl2N2O4. The van der Waals surface area contributed by atoms with Crippen molar-refractivity contribution in [3.8, 4) is 17.2 Å². The summed E-state index contributed by atoms with van der Waals surface area (Å²) in [5, 5.41) is 0. The second-order valence-corrected chi connectivity index (χ2v) is 6.42. The van der Waals surface area contributed by atoms with E-state index in [4.69, 9.17) is 14.2 Å². The van der Waals surface area contributed by atoms with Crippen LogP contribution in [0.2, 0.25) is 0 Å². The van der Waals surface area contributed by atoms with Crippen molar-refractivity contribution in [2.45, 2.75) is 0 Å². The fraction of sp³-hybridized carbons (Fsp3) is 0.526. The maximum Gasteiger partial charge on any atom is 0.203 e. The highest BCUT2D eigenvalue weighted by Crippen LogP contribution is 2.38. The van der Waals surface area contributed by atoms with E-state index in [-0.39, 0.29) is 36.5 Å². The average molecular weight is 423 g/mol. The van der Waals surface area contributed by atoms with Crippen LogP contribution in [0.25, 0.3) is 6.08 Å². The Bertz CT molecular complexity index is 572. The largest absolute Gasteiger partial charge is 0.493 e. The molecule has 1 rings (SSSR count). The van der Waals surface area contributed by atoms with Crippen LogP contribution in [-0.2, 0) is 4.79 Å². The third-order valence-corrected chi connectivity index (χ3v) is 3.70. The number of carbonyl (C=O) groups is 1. The smallest absolute Gasteiger partial charge is 0.203 e. The van der Waals surface area contributed by atoms with Gasteiger partial charge >= 0.3 is 0 Å². The lowest BCUT2D eigenvalue weighted by Crippen LogP contribution is -2.34. The van der Waals surface area contributed by atoms with Gasteiger partial charge in [-0.05, 0) is 52.0 Å². The van der Waals surface area contributed by atoms with Crippen LogP contribution in [0.15, 0.2) is 18.2 Å². The molecule has 6 nitrogen and oxygen atoms in total. The molecule has 0 N–H and O–H groups in total. The van der Waals surface area contributed by atoms with E-state index >= 15 is 0 Å². The number of hydrogen-bond acceptors (Lipinski definition) is 6. The Morgan fingerprint density at radius 3 is 1.70 bits per heavy atom. The molecule has 0 aliphatic carbocycles. The van der Waals surface area contributed by atoms with E-state index in [1.54, 1.807) is 33.5 Å². The molecule has 27 heavy (non-hydrogen) atoms.